The summed E-state index contributed by atoms with van der Waals surface area (Å²) < 4.78 is 0. The first-order valence-electron chi connectivity index (χ1n) is 4.46. The van der Waals surface area contributed by atoms with Crippen molar-refractivity contribution in [2.45, 2.75) is 26.7 Å². The Morgan fingerprint density at radius 2 is 1.91 bits per heavy atom. The lowest BCUT2D eigenvalue weighted by Crippen LogP contribution is -2.22. The molecule has 68 valence electrons. The van der Waals surface area contributed by atoms with Crippen molar-refractivity contribution < 1.29 is 5.11 Å². The van der Waals surface area contributed by atoms with Crippen LogP contribution >= 0.6 is 0 Å². The molecule has 0 amide bonds. The molecule has 0 bridgehead atoms. The van der Waals surface area contributed by atoms with Gasteiger partial charge in [-0.05, 0) is 32.4 Å². The number of aliphatic hydroxyl groups is 1. The smallest absolute Gasteiger partial charge is 0.0443 e. The molecule has 0 aromatic carbocycles. The van der Waals surface area contributed by atoms with Crippen molar-refractivity contribution in [3.8, 4) is 0 Å². The van der Waals surface area contributed by atoms with E-state index in [2.05, 4.69) is 25.8 Å². The molecule has 0 atom stereocenters. The fourth-order valence-electron chi connectivity index (χ4n) is 0.931. The molecule has 0 aliphatic carbocycles. The summed E-state index contributed by atoms with van der Waals surface area (Å²) in [5.74, 6) is 0.784. The van der Waals surface area contributed by atoms with Gasteiger partial charge in [-0.1, -0.05) is 13.8 Å². The Bertz CT molecular complexity index is 83.6. The quantitative estimate of drug-likeness (QED) is 0.632. The van der Waals surface area contributed by atoms with Crippen molar-refractivity contribution in [2.24, 2.45) is 5.92 Å². The molecule has 0 aliphatic rings. The van der Waals surface area contributed by atoms with Crippen molar-refractivity contribution in [1.29, 1.82) is 0 Å². The number of rotatable bonds is 6. The predicted octanol–water partition coefficient (Wildman–Crippen LogP) is 1.35. The van der Waals surface area contributed by atoms with Gasteiger partial charge in [-0.25, -0.2) is 0 Å². The molecule has 0 aliphatic heterocycles. The van der Waals surface area contributed by atoms with Crippen LogP contribution in [0.4, 0.5) is 0 Å². The van der Waals surface area contributed by atoms with Crippen molar-refractivity contribution in [1.82, 2.24) is 4.90 Å². The Labute approximate surface area is 70.2 Å². The van der Waals surface area contributed by atoms with E-state index in [4.69, 9.17) is 5.11 Å². The van der Waals surface area contributed by atoms with E-state index in [0.29, 0.717) is 6.61 Å². The zero-order valence-electron chi connectivity index (χ0n) is 8.01. The van der Waals surface area contributed by atoms with Crippen LogP contribution in [0.2, 0.25) is 0 Å². The maximum Gasteiger partial charge on any atom is 0.0443 e. The van der Waals surface area contributed by atoms with E-state index < -0.39 is 0 Å². The summed E-state index contributed by atoms with van der Waals surface area (Å²) in [6.45, 7) is 6.95. The molecule has 11 heavy (non-hydrogen) atoms. The summed E-state index contributed by atoms with van der Waals surface area (Å²) in [4.78, 5) is 2.27. The van der Waals surface area contributed by atoms with Gasteiger partial charge in [0.05, 0.1) is 0 Å². The van der Waals surface area contributed by atoms with Crippen LogP contribution in [0.3, 0.4) is 0 Å². The molecule has 0 aromatic rings. The van der Waals surface area contributed by atoms with E-state index in [1.54, 1.807) is 0 Å². The Morgan fingerprint density at radius 1 is 1.27 bits per heavy atom. The first-order valence-corrected chi connectivity index (χ1v) is 4.46. The van der Waals surface area contributed by atoms with E-state index in [0.717, 1.165) is 25.4 Å². The molecule has 0 saturated heterocycles. The second kappa shape index (κ2) is 6.62. The van der Waals surface area contributed by atoms with Gasteiger partial charge in [-0.3, -0.25) is 0 Å². The van der Waals surface area contributed by atoms with Crippen molar-refractivity contribution >= 4 is 0 Å². The lowest BCUT2D eigenvalue weighted by molar-refractivity contribution is 0.242. The molecule has 0 unspecified atom stereocenters. The molecule has 0 aromatic heterocycles. The normalized spacial score (nSPS) is 11.5. The van der Waals surface area contributed by atoms with Gasteiger partial charge in [0.2, 0.25) is 0 Å². The molecule has 0 saturated carbocycles. The third-order valence-corrected chi connectivity index (χ3v) is 1.79. The highest BCUT2D eigenvalue weighted by Crippen LogP contribution is 2.00. The highest BCUT2D eigenvalue weighted by atomic mass is 16.3. The molecule has 0 spiro atoms. The number of aliphatic hydroxyl groups excluding tert-OH is 1. The second-order valence-electron chi connectivity index (χ2n) is 3.56. The van der Waals surface area contributed by atoms with Crippen LogP contribution < -0.4 is 0 Å². The third kappa shape index (κ3) is 7.82. The van der Waals surface area contributed by atoms with Gasteiger partial charge in [0.1, 0.15) is 0 Å². The minimum absolute atomic E-state index is 0.312. The molecular formula is C9H21NO. The monoisotopic (exact) mass is 159 g/mol. The minimum atomic E-state index is 0.312. The van der Waals surface area contributed by atoms with E-state index in [1.165, 1.54) is 6.42 Å². The van der Waals surface area contributed by atoms with Gasteiger partial charge >= 0.3 is 0 Å². The minimum Gasteiger partial charge on any atom is -0.396 e. The number of nitrogens with zero attached hydrogens (tertiary/aromatic N) is 1. The van der Waals surface area contributed by atoms with Gasteiger partial charge in [-0.15, -0.1) is 0 Å². The lowest BCUT2D eigenvalue weighted by Gasteiger charge is -2.16. The largest absolute Gasteiger partial charge is 0.396 e. The first kappa shape index (κ1) is 10.9. The summed E-state index contributed by atoms with van der Waals surface area (Å²) in [7, 11) is 2.11. The van der Waals surface area contributed by atoms with E-state index in [1.807, 2.05) is 0 Å². The standard InChI is InChI=1S/C9H21NO/c1-9(2)5-7-10(3)6-4-8-11/h9,11H,4-8H2,1-3H3. The summed E-state index contributed by atoms with van der Waals surface area (Å²) in [5, 5.41) is 8.57. The molecule has 0 radical (unpaired) electrons. The van der Waals surface area contributed by atoms with Crippen LogP contribution in [-0.2, 0) is 0 Å². The van der Waals surface area contributed by atoms with Crippen molar-refractivity contribution in [2.75, 3.05) is 26.7 Å². The van der Waals surface area contributed by atoms with E-state index in [-0.39, 0.29) is 0 Å². The van der Waals surface area contributed by atoms with Crippen LogP contribution in [0.15, 0.2) is 0 Å². The third-order valence-electron chi connectivity index (χ3n) is 1.79. The molecule has 0 fully saturated rings. The van der Waals surface area contributed by atoms with Crippen LogP contribution in [0.1, 0.15) is 26.7 Å². The van der Waals surface area contributed by atoms with Crippen molar-refractivity contribution in [3.63, 3.8) is 0 Å². The fraction of sp³-hybridized carbons (Fsp3) is 1.00. The molecule has 2 nitrogen and oxygen atoms in total. The lowest BCUT2D eigenvalue weighted by atomic mass is 10.1. The van der Waals surface area contributed by atoms with Crippen molar-refractivity contribution in [3.05, 3.63) is 0 Å². The van der Waals surface area contributed by atoms with Gasteiger partial charge in [0.25, 0.3) is 0 Å². The maximum atomic E-state index is 8.57. The van der Waals surface area contributed by atoms with Crippen LogP contribution in [-0.4, -0.2) is 36.8 Å². The number of hydrogen-bond donors (Lipinski definition) is 1. The second-order valence-corrected chi connectivity index (χ2v) is 3.56. The maximum absolute atomic E-state index is 8.57. The highest BCUT2D eigenvalue weighted by Gasteiger charge is 1.98. The molecule has 2 heteroatoms. The summed E-state index contributed by atoms with van der Waals surface area (Å²) in [5.41, 5.74) is 0. The van der Waals surface area contributed by atoms with E-state index in [9.17, 15) is 0 Å². The average molecular weight is 159 g/mol. The Kier molecular flexibility index (Phi) is 6.57. The fourth-order valence-corrected chi connectivity index (χ4v) is 0.931. The molecule has 0 rings (SSSR count). The first-order chi connectivity index (χ1) is 5.16. The SMILES string of the molecule is CC(C)CCN(C)CCCO. The molecule has 0 heterocycles. The van der Waals surface area contributed by atoms with Gasteiger partial charge in [0, 0.05) is 13.2 Å². The van der Waals surface area contributed by atoms with E-state index >= 15 is 0 Å². The Balaban J connectivity index is 3.15. The zero-order valence-corrected chi connectivity index (χ0v) is 8.01. The molecule has 1 N–H and O–H groups in total. The summed E-state index contributed by atoms with van der Waals surface area (Å²) in [6.07, 6.45) is 2.15. The van der Waals surface area contributed by atoms with Gasteiger partial charge in [-0.2, -0.15) is 0 Å². The summed E-state index contributed by atoms with van der Waals surface area (Å²) in [6, 6.07) is 0. The zero-order chi connectivity index (χ0) is 8.69. The average Bonchev–Trinajstić information content (AvgIpc) is 1.97. The van der Waals surface area contributed by atoms with Crippen LogP contribution in [0.5, 0.6) is 0 Å². The Morgan fingerprint density at radius 3 is 2.36 bits per heavy atom. The van der Waals surface area contributed by atoms with Crippen LogP contribution in [0.25, 0.3) is 0 Å². The predicted molar refractivity (Wildman–Crippen MR) is 48.7 cm³/mol. The van der Waals surface area contributed by atoms with Crippen LogP contribution in [0, 0.1) is 5.92 Å². The Hall–Kier alpha value is -0.0800. The summed E-state index contributed by atoms with van der Waals surface area (Å²) >= 11 is 0. The topological polar surface area (TPSA) is 23.5 Å². The highest BCUT2D eigenvalue weighted by molar-refractivity contribution is 4.53. The van der Waals surface area contributed by atoms with Gasteiger partial charge in [0.15, 0.2) is 0 Å². The van der Waals surface area contributed by atoms with Gasteiger partial charge < -0.3 is 10.0 Å². The number of hydrogen-bond acceptors (Lipinski definition) is 2. The molecular weight excluding hydrogens is 138 g/mol.